The van der Waals surface area contributed by atoms with Crippen LogP contribution in [0.1, 0.15) is 17.3 Å². The van der Waals surface area contributed by atoms with Gasteiger partial charge >= 0.3 is 0 Å². The highest BCUT2D eigenvalue weighted by Gasteiger charge is 2.14. The minimum atomic E-state index is -0.594. The highest BCUT2D eigenvalue weighted by Crippen LogP contribution is 2.31. The topological polar surface area (TPSA) is 26.3 Å². The molecule has 0 saturated carbocycles. The first kappa shape index (κ1) is 9.99. The number of carbonyl (C=O) groups excluding carboxylic acids is 1. The lowest BCUT2D eigenvalue weighted by atomic mass is 10.1. The third-order valence-corrected chi connectivity index (χ3v) is 1.99. The van der Waals surface area contributed by atoms with Crippen molar-refractivity contribution in [2.75, 3.05) is 7.11 Å². The Bertz CT molecular complexity index is 350. The molecule has 0 saturated heterocycles. The van der Waals surface area contributed by atoms with Gasteiger partial charge in [-0.25, -0.2) is 4.39 Å². The van der Waals surface area contributed by atoms with Gasteiger partial charge in [-0.3, -0.25) is 4.79 Å². The molecule has 1 aromatic carbocycles. The SMILES string of the molecule is COc1c(C(C)=O)ccc(F)c1Cl. The molecule has 0 amide bonds. The molecule has 2 nitrogen and oxygen atoms in total. The van der Waals surface area contributed by atoms with Crippen LogP contribution in [0.25, 0.3) is 0 Å². The summed E-state index contributed by atoms with van der Waals surface area (Å²) < 4.78 is 17.7. The predicted octanol–water partition coefficient (Wildman–Crippen LogP) is 2.69. The monoisotopic (exact) mass is 202 g/mol. The van der Waals surface area contributed by atoms with Crippen LogP contribution in [-0.4, -0.2) is 12.9 Å². The van der Waals surface area contributed by atoms with E-state index in [1.165, 1.54) is 20.1 Å². The average molecular weight is 203 g/mol. The van der Waals surface area contributed by atoms with Gasteiger partial charge in [0.15, 0.2) is 11.5 Å². The van der Waals surface area contributed by atoms with Crippen LogP contribution in [0.5, 0.6) is 5.75 Å². The number of halogens is 2. The van der Waals surface area contributed by atoms with Crippen molar-refractivity contribution in [3.8, 4) is 5.75 Å². The van der Waals surface area contributed by atoms with Gasteiger partial charge in [-0.05, 0) is 19.1 Å². The largest absolute Gasteiger partial charge is 0.494 e. The molecule has 0 N–H and O–H groups in total. The third-order valence-electron chi connectivity index (χ3n) is 1.63. The Labute approximate surface area is 80.3 Å². The highest BCUT2D eigenvalue weighted by atomic mass is 35.5. The summed E-state index contributed by atoms with van der Waals surface area (Å²) in [5.41, 5.74) is 0.286. The maximum Gasteiger partial charge on any atom is 0.163 e. The van der Waals surface area contributed by atoms with Crippen LogP contribution in [0.3, 0.4) is 0 Å². The van der Waals surface area contributed by atoms with Crippen molar-refractivity contribution in [1.82, 2.24) is 0 Å². The molecule has 0 aromatic heterocycles. The lowest BCUT2D eigenvalue weighted by Crippen LogP contribution is -1.99. The van der Waals surface area contributed by atoms with Crippen LogP contribution < -0.4 is 4.74 Å². The minimum Gasteiger partial charge on any atom is -0.494 e. The number of benzene rings is 1. The summed E-state index contributed by atoms with van der Waals surface area (Å²) in [5, 5.41) is -0.157. The zero-order chi connectivity index (χ0) is 10.0. The van der Waals surface area contributed by atoms with Gasteiger partial charge in [-0.2, -0.15) is 0 Å². The van der Waals surface area contributed by atoms with Gasteiger partial charge < -0.3 is 4.74 Å². The standard InChI is InChI=1S/C9H8ClFO2/c1-5(12)6-3-4-7(11)8(10)9(6)13-2/h3-4H,1-2H3. The van der Waals surface area contributed by atoms with Crippen molar-refractivity contribution in [3.05, 3.63) is 28.5 Å². The number of hydrogen-bond acceptors (Lipinski definition) is 2. The van der Waals surface area contributed by atoms with Crippen LogP contribution in [-0.2, 0) is 0 Å². The second kappa shape index (κ2) is 3.75. The van der Waals surface area contributed by atoms with E-state index in [0.717, 1.165) is 6.07 Å². The van der Waals surface area contributed by atoms with Crippen molar-refractivity contribution in [2.45, 2.75) is 6.92 Å². The van der Waals surface area contributed by atoms with Crippen molar-refractivity contribution in [2.24, 2.45) is 0 Å². The van der Waals surface area contributed by atoms with Crippen LogP contribution in [0, 0.1) is 5.82 Å². The smallest absolute Gasteiger partial charge is 0.163 e. The Morgan fingerprint density at radius 1 is 1.54 bits per heavy atom. The Morgan fingerprint density at radius 3 is 2.62 bits per heavy atom. The molecule has 0 unspecified atom stereocenters. The third kappa shape index (κ3) is 1.80. The van der Waals surface area contributed by atoms with E-state index in [1.54, 1.807) is 0 Å². The van der Waals surface area contributed by atoms with Crippen LogP contribution in [0.15, 0.2) is 12.1 Å². The van der Waals surface area contributed by atoms with E-state index in [9.17, 15) is 9.18 Å². The molecule has 0 heterocycles. The highest BCUT2D eigenvalue weighted by molar-refractivity contribution is 6.32. The Hall–Kier alpha value is -1.09. The molecule has 0 atom stereocenters. The summed E-state index contributed by atoms with van der Waals surface area (Å²) in [7, 11) is 1.34. The zero-order valence-corrected chi connectivity index (χ0v) is 7.98. The number of methoxy groups -OCH3 is 1. The normalized spacial score (nSPS) is 9.85. The maximum absolute atomic E-state index is 12.9. The second-order valence-corrected chi connectivity index (χ2v) is 2.88. The molecular weight excluding hydrogens is 195 g/mol. The zero-order valence-electron chi connectivity index (χ0n) is 7.23. The van der Waals surface area contributed by atoms with Gasteiger partial charge in [0.1, 0.15) is 10.8 Å². The van der Waals surface area contributed by atoms with Crippen molar-refractivity contribution in [1.29, 1.82) is 0 Å². The summed E-state index contributed by atoms with van der Waals surface area (Å²) in [6.07, 6.45) is 0. The quantitative estimate of drug-likeness (QED) is 0.690. The number of Topliss-reactive ketones (excluding diaryl/α,β-unsaturated/α-hetero) is 1. The molecular formula is C9H8ClFO2. The first-order valence-electron chi connectivity index (χ1n) is 3.61. The van der Waals surface area contributed by atoms with E-state index < -0.39 is 5.82 Å². The summed E-state index contributed by atoms with van der Waals surface area (Å²) in [4.78, 5) is 11.0. The maximum atomic E-state index is 12.9. The van der Waals surface area contributed by atoms with Gasteiger partial charge in [0.25, 0.3) is 0 Å². The molecule has 4 heteroatoms. The van der Waals surface area contributed by atoms with Gasteiger partial charge in [-0.1, -0.05) is 11.6 Å². The molecule has 70 valence electrons. The fourth-order valence-electron chi connectivity index (χ4n) is 1.01. The van der Waals surface area contributed by atoms with Crippen LogP contribution in [0.2, 0.25) is 5.02 Å². The summed E-state index contributed by atoms with van der Waals surface area (Å²) in [6.45, 7) is 1.37. The van der Waals surface area contributed by atoms with Gasteiger partial charge in [-0.15, -0.1) is 0 Å². The van der Waals surface area contributed by atoms with Crippen molar-refractivity contribution < 1.29 is 13.9 Å². The molecule has 0 aliphatic heterocycles. The molecule has 0 aliphatic carbocycles. The van der Waals surface area contributed by atoms with Crippen LogP contribution >= 0.6 is 11.6 Å². The van der Waals surface area contributed by atoms with E-state index >= 15 is 0 Å². The number of hydrogen-bond donors (Lipinski definition) is 0. The Kier molecular flexibility index (Phi) is 2.88. The average Bonchev–Trinajstić information content (AvgIpc) is 2.09. The van der Waals surface area contributed by atoms with E-state index in [0.29, 0.717) is 0 Å². The van der Waals surface area contributed by atoms with E-state index in [2.05, 4.69) is 0 Å². The van der Waals surface area contributed by atoms with Crippen molar-refractivity contribution >= 4 is 17.4 Å². The lowest BCUT2D eigenvalue weighted by Gasteiger charge is -2.07. The number of ketones is 1. The van der Waals surface area contributed by atoms with E-state index in [-0.39, 0.29) is 22.1 Å². The predicted molar refractivity (Wildman–Crippen MR) is 48.0 cm³/mol. The van der Waals surface area contributed by atoms with Gasteiger partial charge in [0, 0.05) is 0 Å². The number of rotatable bonds is 2. The summed E-state index contributed by atoms with van der Waals surface area (Å²) in [6, 6.07) is 2.49. The first-order valence-corrected chi connectivity index (χ1v) is 3.98. The summed E-state index contributed by atoms with van der Waals surface area (Å²) >= 11 is 5.59. The molecule has 1 aromatic rings. The fraction of sp³-hybridized carbons (Fsp3) is 0.222. The molecule has 0 bridgehead atoms. The van der Waals surface area contributed by atoms with E-state index in [1.807, 2.05) is 0 Å². The van der Waals surface area contributed by atoms with E-state index in [4.69, 9.17) is 16.3 Å². The van der Waals surface area contributed by atoms with Crippen molar-refractivity contribution in [3.63, 3.8) is 0 Å². The fourth-order valence-corrected chi connectivity index (χ4v) is 1.25. The Morgan fingerprint density at radius 2 is 2.15 bits per heavy atom. The molecule has 0 aliphatic rings. The second-order valence-electron chi connectivity index (χ2n) is 2.50. The van der Waals surface area contributed by atoms with Gasteiger partial charge in [0.2, 0.25) is 0 Å². The lowest BCUT2D eigenvalue weighted by molar-refractivity contribution is 0.101. The molecule has 1 rings (SSSR count). The number of ether oxygens (including phenoxy) is 1. The minimum absolute atomic E-state index is 0.0918. The summed E-state index contributed by atoms with van der Waals surface area (Å²) in [5.74, 6) is -0.712. The van der Waals surface area contributed by atoms with Gasteiger partial charge in [0.05, 0.1) is 12.7 Å². The molecule has 0 fully saturated rings. The van der Waals surface area contributed by atoms with Crippen LogP contribution in [0.4, 0.5) is 4.39 Å². The molecule has 0 spiro atoms. The Balaban J connectivity index is 3.38. The molecule has 13 heavy (non-hydrogen) atoms. The molecule has 0 radical (unpaired) electrons. The number of carbonyl (C=O) groups is 1. The first-order chi connectivity index (χ1) is 6.07.